The van der Waals surface area contributed by atoms with Crippen molar-refractivity contribution in [2.24, 2.45) is 23.7 Å². The van der Waals surface area contributed by atoms with E-state index in [1.54, 1.807) is 0 Å². The van der Waals surface area contributed by atoms with Crippen LogP contribution in [0.15, 0.2) is 24.3 Å². The van der Waals surface area contributed by atoms with E-state index in [4.69, 9.17) is 0 Å². The molecule has 2 fully saturated rings. The van der Waals surface area contributed by atoms with Crippen LogP contribution in [0.4, 0.5) is 0 Å². The average molecular weight is 104 g/mol. The Kier molecular flexibility index (Phi) is 0.355. The van der Waals surface area contributed by atoms with Crippen LogP contribution >= 0.6 is 0 Å². The van der Waals surface area contributed by atoms with Crippen LogP contribution in [-0.2, 0) is 0 Å². The van der Waals surface area contributed by atoms with Crippen LogP contribution in [0.2, 0.25) is 0 Å². The molecule has 0 spiro atoms. The van der Waals surface area contributed by atoms with Crippen molar-refractivity contribution in [3.63, 3.8) is 0 Å². The Morgan fingerprint density at radius 3 is 1.75 bits per heavy atom. The van der Waals surface area contributed by atoms with E-state index < -0.39 is 0 Å². The highest BCUT2D eigenvalue weighted by molar-refractivity contribution is 5.35. The molecule has 0 N–H and O–H groups in total. The fourth-order valence-corrected chi connectivity index (χ4v) is 2.04. The third kappa shape index (κ3) is 0.218. The molecule has 0 heterocycles. The van der Waals surface area contributed by atoms with Gasteiger partial charge < -0.3 is 0 Å². The summed E-state index contributed by atoms with van der Waals surface area (Å²) in [5, 5.41) is 0. The second-order valence-corrected chi connectivity index (χ2v) is 3.08. The van der Waals surface area contributed by atoms with Crippen molar-refractivity contribution in [3.8, 4) is 0 Å². The number of hydrogen-bond donors (Lipinski definition) is 0. The lowest BCUT2D eigenvalue weighted by molar-refractivity contribution is 0.639. The first kappa shape index (κ1) is 3.49. The van der Waals surface area contributed by atoms with Gasteiger partial charge in [0.2, 0.25) is 0 Å². The van der Waals surface area contributed by atoms with Crippen LogP contribution in [0.1, 0.15) is 0 Å². The minimum Gasteiger partial charge on any atom is -0.0808 e. The largest absolute Gasteiger partial charge is 0.0808 e. The van der Waals surface area contributed by atoms with Crippen LogP contribution in [0, 0.1) is 23.7 Å². The molecule has 0 unspecified atom stereocenters. The molecule has 0 atom stereocenters. The summed E-state index contributed by atoms with van der Waals surface area (Å²) in [4.78, 5) is 0. The Balaban J connectivity index is 2.08. The quantitative estimate of drug-likeness (QED) is 0.438. The second kappa shape index (κ2) is 0.812. The van der Waals surface area contributed by atoms with E-state index in [0.717, 1.165) is 23.7 Å². The molecule has 0 aliphatic heterocycles. The number of rotatable bonds is 0. The maximum atomic E-state index is 2.36. The van der Waals surface area contributed by atoms with E-state index in [1.165, 1.54) is 0 Å². The first-order valence-corrected chi connectivity index (χ1v) is 3.33. The first-order chi connectivity index (χ1) is 3.98. The smallest absolute Gasteiger partial charge is 0.0156 e. The fourth-order valence-electron chi connectivity index (χ4n) is 2.04. The van der Waals surface area contributed by atoms with Crippen molar-refractivity contribution in [2.45, 2.75) is 0 Å². The minimum atomic E-state index is 1.01. The molecule has 0 saturated heterocycles. The van der Waals surface area contributed by atoms with E-state index >= 15 is 0 Å². The van der Waals surface area contributed by atoms with Gasteiger partial charge in [0.05, 0.1) is 0 Å². The predicted molar refractivity (Wildman–Crippen MR) is 32.2 cm³/mol. The summed E-state index contributed by atoms with van der Waals surface area (Å²) in [6, 6.07) is 0. The molecule has 4 aliphatic rings. The number of allylic oxidation sites excluding steroid dienone is 4. The number of fused-ring (bicyclic) bond motifs is 1. The van der Waals surface area contributed by atoms with Gasteiger partial charge in [0.1, 0.15) is 0 Å². The third-order valence-electron chi connectivity index (χ3n) is 2.72. The molecule has 2 bridgehead atoms. The Morgan fingerprint density at radius 2 is 1.25 bits per heavy atom. The van der Waals surface area contributed by atoms with Gasteiger partial charge in [-0.15, -0.1) is 0 Å². The molecular formula is C8H8. The molecule has 0 heteroatoms. The van der Waals surface area contributed by atoms with E-state index in [2.05, 4.69) is 24.3 Å². The third-order valence-corrected chi connectivity index (χ3v) is 2.72. The van der Waals surface area contributed by atoms with Crippen molar-refractivity contribution in [1.82, 2.24) is 0 Å². The summed E-state index contributed by atoms with van der Waals surface area (Å²) in [7, 11) is 0. The molecule has 8 heavy (non-hydrogen) atoms. The van der Waals surface area contributed by atoms with Crippen molar-refractivity contribution in [2.75, 3.05) is 0 Å². The molecule has 4 rings (SSSR count). The van der Waals surface area contributed by atoms with Gasteiger partial charge in [0.15, 0.2) is 0 Å². The summed E-state index contributed by atoms with van der Waals surface area (Å²) in [5.74, 6) is 4.22. The highest BCUT2D eigenvalue weighted by Gasteiger charge is 2.70. The summed E-state index contributed by atoms with van der Waals surface area (Å²) in [6.45, 7) is 0. The molecular weight excluding hydrogens is 96.1 g/mol. The summed E-state index contributed by atoms with van der Waals surface area (Å²) >= 11 is 0. The first-order valence-electron chi connectivity index (χ1n) is 3.33. The zero-order chi connectivity index (χ0) is 5.14. The maximum Gasteiger partial charge on any atom is -0.0156 e. The Bertz CT molecular complexity index is 158. The molecule has 0 nitrogen and oxygen atoms in total. The Morgan fingerprint density at radius 1 is 0.750 bits per heavy atom. The van der Waals surface area contributed by atoms with Crippen LogP contribution < -0.4 is 0 Å². The maximum absolute atomic E-state index is 2.36. The van der Waals surface area contributed by atoms with Gasteiger partial charge in [-0.05, 0) is 23.7 Å². The monoisotopic (exact) mass is 104 g/mol. The highest BCUT2D eigenvalue weighted by atomic mass is 14.7. The molecule has 0 aromatic heterocycles. The normalized spacial score (nSPS) is 62.0. The summed E-state index contributed by atoms with van der Waals surface area (Å²) < 4.78 is 0. The minimum absolute atomic E-state index is 1.01. The molecule has 0 amide bonds. The Hall–Kier alpha value is -0.520. The molecule has 0 aromatic rings. The highest BCUT2D eigenvalue weighted by Crippen LogP contribution is 2.74. The van der Waals surface area contributed by atoms with Gasteiger partial charge in [-0.3, -0.25) is 0 Å². The van der Waals surface area contributed by atoms with Crippen molar-refractivity contribution in [3.05, 3.63) is 24.3 Å². The van der Waals surface area contributed by atoms with Gasteiger partial charge in [-0.2, -0.15) is 0 Å². The van der Waals surface area contributed by atoms with E-state index in [1.807, 2.05) is 0 Å². The van der Waals surface area contributed by atoms with E-state index in [-0.39, 0.29) is 0 Å². The van der Waals surface area contributed by atoms with Crippen LogP contribution in [-0.4, -0.2) is 0 Å². The number of hydrogen-bond acceptors (Lipinski definition) is 0. The SMILES string of the molecule is C1=CC2C3C(C=C1)C23. The van der Waals surface area contributed by atoms with Crippen LogP contribution in [0.5, 0.6) is 0 Å². The topological polar surface area (TPSA) is 0 Å². The molecule has 2 saturated carbocycles. The van der Waals surface area contributed by atoms with Gasteiger partial charge >= 0.3 is 0 Å². The average Bonchev–Trinajstić information content (AvgIpc) is 2.59. The lowest BCUT2D eigenvalue weighted by Crippen LogP contribution is -1.90. The zero-order valence-electron chi connectivity index (χ0n) is 4.62. The van der Waals surface area contributed by atoms with E-state index in [9.17, 15) is 0 Å². The van der Waals surface area contributed by atoms with Crippen molar-refractivity contribution in [1.29, 1.82) is 0 Å². The van der Waals surface area contributed by atoms with Gasteiger partial charge in [-0.1, -0.05) is 24.3 Å². The fraction of sp³-hybridized carbons (Fsp3) is 0.500. The lowest BCUT2D eigenvalue weighted by atomic mass is 10.1. The molecule has 4 aliphatic carbocycles. The van der Waals surface area contributed by atoms with Crippen LogP contribution in [0.3, 0.4) is 0 Å². The predicted octanol–water partition coefficient (Wildman–Crippen LogP) is 1.60. The van der Waals surface area contributed by atoms with E-state index in [0.29, 0.717) is 0 Å². The second-order valence-electron chi connectivity index (χ2n) is 3.08. The molecule has 0 aromatic carbocycles. The Labute approximate surface area is 48.9 Å². The van der Waals surface area contributed by atoms with Gasteiger partial charge in [0, 0.05) is 0 Å². The van der Waals surface area contributed by atoms with Gasteiger partial charge in [-0.25, -0.2) is 0 Å². The lowest BCUT2D eigenvalue weighted by Gasteiger charge is -1.96. The summed E-state index contributed by atoms with van der Waals surface area (Å²) in [6.07, 6.45) is 9.11. The summed E-state index contributed by atoms with van der Waals surface area (Å²) in [5.41, 5.74) is 0. The molecule has 40 valence electrons. The standard InChI is InChI=1S/C8H8/c1-2-4-6-7-5(3-1)8(6)7/h1-8H. The zero-order valence-corrected chi connectivity index (χ0v) is 4.62. The van der Waals surface area contributed by atoms with Crippen molar-refractivity contribution < 1.29 is 0 Å². The van der Waals surface area contributed by atoms with Gasteiger partial charge in [0.25, 0.3) is 0 Å². The van der Waals surface area contributed by atoms with Crippen LogP contribution in [0.25, 0.3) is 0 Å². The molecule has 0 radical (unpaired) electrons. The van der Waals surface area contributed by atoms with Crippen molar-refractivity contribution >= 4 is 0 Å².